The van der Waals surface area contributed by atoms with E-state index in [4.69, 9.17) is 9.84 Å². The topological polar surface area (TPSA) is 75.6 Å². The van der Waals surface area contributed by atoms with Crippen molar-refractivity contribution in [3.05, 3.63) is 41.0 Å². The Labute approximate surface area is 124 Å². The molecule has 0 saturated carbocycles. The third-order valence-corrected chi connectivity index (χ3v) is 2.89. The molecule has 0 bridgehead atoms. The Morgan fingerprint density at radius 1 is 1.38 bits per heavy atom. The lowest BCUT2D eigenvalue weighted by Gasteiger charge is -2.25. The standard InChI is InChI=1S/C16H21NO4/c1-11-9-13(6-5-12(11)7-8-14(18)19)15(20)17-16(2,3)10-21-4/h5-9H,10H2,1-4H3,(H,17,20)(H,18,19)/b8-7+. The van der Waals surface area contributed by atoms with Crippen LogP contribution in [0.5, 0.6) is 0 Å². The highest BCUT2D eigenvalue weighted by atomic mass is 16.5. The summed E-state index contributed by atoms with van der Waals surface area (Å²) in [6.45, 7) is 6.01. The number of carboxylic acid groups (broad SMARTS) is 1. The average molecular weight is 291 g/mol. The number of ether oxygens (including phenoxy) is 1. The van der Waals surface area contributed by atoms with Gasteiger partial charge in [0.2, 0.25) is 0 Å². The van der Waals surface area contributed by atoms with Gasteiger partial charge >= 0.3 is 5.97 Å². The number of amides is 1. The van der Waals surface area contributed by atoms with Crippen LogP contribution in [0.25, 0.3) is 6.08 Å². The molecular weight excluding hydrogens is 270 g/mol. The van der Waals surface area contributed by atoms with Gasteiger partial charge in [0.1, 0.15) is 0 Å². The summed E-state index contributed by atoms with van der Waals surface area (Å²) in [6.07, 6.45) is 2.58. The minimum absolute atomic E-state index is 0.186. The predicted molar refractivity (Wildman–Crippen MR) is 81.3 cm³/mol. The van der Waals surface area contributed by atoms with E-state index in [0.29, 0.717) is 12.2 Å². The quantitative estimate of drug-likeness (QED) is 0.788. The van der Waals surface area contributed by atoms with Crippen LogP contribution < -0.4 is 5.32 Å². The molecule has 5 nitrogen and oxygen atoms in total. The van der Waals surface area contributed by atoms with Crippen molar-refractivity contribution in [2.75, 3.05) is 13.7 Å². The van der Waals surface area contributed by atoms with Gasteiger partial charge in [-0.15, -0.1) is 0 Å². The van der Waals surface area contributed by atoms with Crippen LogP contribution in [-0.2, 0) is 9.53 Å². The molecule has 1 rings (SSSR count). The van der Waals surface area contributed by atoms with Crippen molar-refractivity contribution in [1.29, 1.82) is 0 Å². The van der Waals surface area contributed by atoms with E-state index in [1.54, 1.807) is 25.3 Å². The molecule has 1 aromatic carbocycles. The zero-order chi connectivity index (χ0) is 16.0. The first-order valence-corrected chi connectivity index (χ1v) is 6.58. The maximum atomic E-state index is 12.2. The second-order valence-electron chi connectivity index (χ2n) is 5.51. The van der Waals surface area contributed by atoms with Crippen molar-refractivity contribution in [3.8, 4) is 0 Å². The second-order valence-corrected chi connectivity index (χ2v) is 5.51. The highest BCUT2D eigenvalue weighted by Gasteiger charge is 2.21. The fourth-order valence-electron chi connectivity index (χ4n) is 1.94. The molecule has 0 unspecified atom stereocenters. The highest BCUT2D eigenvalue weighted by Crippen LogP contribution is 2.14. The fourth-order valence-corrected chi connectivity index (χ4v) is 1.94. The SMILES string of the molecule is COCC(C)(C)NC(=O)c1ccc(/C=C/C(=O)O)c(C)c1. The van der Waals surface area contributed by atoms with Gasteiger partial charge in [-0.1, -0.05) is 6.07 Å². The third kappa shape index (κ3) is 5.39. The number of carbonyl (C=O) groups excluding carboxylic acids is 1. The smallest absolute Gasteiger partial charge is 0.328 e. The number of benzene rings is 1. The van der Waals surface area contributed by atoms with Gasteiger partial charge in [-0.2, -0.15) is 0 Å². The summed E-state index contributed by atoms with van der Waals surface area (Å²) in [6, 6.07) is 5.14. The molecule has 0 radical (unpaired) electrons. The Morgan fingerprint density at radius 2 is 2.05 bits per heavy atom. The highest BCUT2D eigenvalue weighted by molar-refractivity contribution is 5.95. The molecule has 1 amide bonds. The van der Waals surface area contributed by atoms with E-state index in [1.807, 2.05) is 20.8 Å². The van der Waals surface area contributed by atoms with Gasteiger partial charge in [0.25, 0.3) is 5.91 Å². The van der Waals surface area contributed by atoms with Crippen molar-refractivity contribution >= 4 is 18.0 Å². The van der Waals surface area contributed by atoms with Crippen LogP contribution in [0.4, 0.5) is 0 Å². The molecule has 0 heterocycles. The zero-order valence-corrected chi connectivity index (χ0v) is 12.8. The predicted octanol–water partition coefficient (Wildman–Crippen LogP) is 2.25. The molecule has 0 aliphatic heterocycles. The van der Waals surface area contributed by atoms with Crippen molar-refractivity contribution in [2.45, 2.75) is 26.3 Å². The van der Waals surface area contributed by atoms with E-state index in [-0.39, 0.29) is 5.91 Å². The Balaban J connectivity index is 2.88. The number of carbonyl (C=O) groups is 2. The van der Waals surface area contributed by atoms with Gasteiger partial charge in [-0.3, -0.25) is 4.79 Å². The Hall–Kier alpha value is -2.14. The molecule has 0 atom stereocenters. The van der Waals surface area contributed by atoms with Crippen LogP contribution in [0.3, 0.4) is 0 Å². The van der Waals surface area contributed by atoms with Crippen molar-refractivity contribution < 1.29 is 19.4 Å². The minimum atomic E-state index is -1.00. The average Bonchev–Trinajstić information content (AvgIpc) is 2.36. The van der Waals surface area contributed by atoms with Crippen molar-refractivity contribution in [2.24, 2.45) is 0 Å². The lowest BCUT2D eigenvalue weighted by atomic mass is 10.0. The van der Waals surface area contributed by atoms with Crippen LogP contribution in [0.15, 0.2) is 24.3 Å². The van der Waals surface area contributed by atoms with E-state index in [9.17, 15) is 9.59 Å². The maximum Gasteiger partial charge on any atom is 0.328 e. The van der Waals surface area contributed by atoms with Gasteiger partial charge in [0.15, 0.2) is 0 Å². The minimum Gasteiger partial charge on any atom is -0.478 e. The summed E-state index contributed by atoms with van der Waals surface area (Å²) < 4.78 is 5.06. The summed E-state index contributed by atoms with van der Waals surface area (Å²) in [5.41, 5.74) is 1.68. The largest absolute Gasteiger partial charge is 0.478 e. The lowest BCUT2D eigenvalue weighted by Crippen LogP contribution is -2.46. The maximum absolute atomic E-state index is 12.2. The van der Waals surface area contributed by atoms with Crippen LogP contribution in [-0.4, -0.2) is 36.2 Å². The number of hydrogen-bond acceptors (Lipinski definition) is 3. The van der Waals surface area contributed by atoms with E-state index in [0.717, 1.165) is 17.2 Å². The summed E-state index contributed by atoms with van der Waals surface area (Å²) in [4.78, 5) is 22.7. The summed E-state index contributed by atoms with van der Waals surface area (Å²) >= 11 is 0. The molecule has 0 spiro atoms. The number of methoxy groups -OCH3 is 1. The molecule has 0 aromatic heterocycles. The van der Waals surface area contributed by atoms with Crippen LogP contribution in [0.1, 0.15) is 35.3 Å². The van der Waals surface area contributed by atoms with Gasteiger partial charge in [0, 0.05) is 18.7 Å². The molecule has 5 heteroatoms. The first kappa shape index (κ1) is 16.9. The fraction of sp³-hybridized carbons (Fsp3) is 0.375. The van der Waals surface area contributed by atoms with E-state index in [2.05, 4.69) is 5.32 Å². The number of aryl methyl sites for hydroxylation is 1. The molecule has 0 saturated heterocycles. The van der Waals surface area contributed by atoms with E-state index < -0.39 is 11.5 Å². The van der Waals surface area contributed by atoms with Crippen LogP contribution in [0, 0.1) is 6.92 Å². The summed E-state index contributed by atoms with van der Waals surface area (Å²) in [5, 5.41) is 11.5. The van der Waals surface area contributed by atoms with E-state index in [1.165, 1.54) is 6.08 Å². The Kier molecular flexibility index (Phi) is 5.67. The van der Waals surface area contributed by atoms with Crippen LogP contribution in [0.2, 0.25) is 0 Å². The van der Waals surface area contributed by atoms with Gasteiger partial charge in [-0.25, -0.2) is 4.79 Å². The summed E-state index contributed by atoms with van der Waals surface area (Å²) in [7, 11) is 1.58. The van der Waals surface area contributed by atoms with Crippen molar-refractivity contribution in [3.63, 3.8) is 0 Å². The molecule has 0 aliphatic rings. The second kappa shape index (κ2) is 7.04. The molecule has 1 aromatic rings. The van der Waals surface area contributed by atoms with Gasteiger partial charge in [0.05, 0.1) is 12.1 Å². The molecule has 114 valence electrons. The molecule has 0 aliphatic carbocycles. The Morgan fingerprint density at radius 3 is 2.57 bits per heavy atom. The summed E-state index contributed by atoms with van der Waals surface area (Å²) in [5.74, 6) is -1.19. The molecule has 2 N–H and O–H groups in total. The molecule has 0 fully saturated rings. The first-order valence-electron chi connectivity index (χ1n) is 6.58. The van der Waals surface area contributed by atoms with Crippen molar-refractivity contribution in [1.82, 2.24) is 5.32 Å². The number of nitrogens with one attached hydrogen (secondary N) is 1. The zero-order valence-electron chi connectivity index (χ0n) is 12.8. The third-order valence-electron chi connectivity index (χ3n) is 2.89. The molecular formula is C16H21NO4. The van der Waals surface area contributed by atoms with Gasteiger partial charge in [-0.05, 0) is 50.1 Å². The number of aliphatic carboxylic acids is 1. The number of rotatable bonds is 6. The lowest BCUT2D eigenvalue weighted by molar-refractivity contribution is -0.131. The van der Waals surface area contributed by atoms with Gasteiger partial charge < -0.3 is 15.2 Å². The molecule has 21 heavy (non-hydrogen) atoms. The normalized spacial score (nSPS) is 11.6. The van der Waals surface area contributed by atoms with E-state index >= 15 is 0 Å². The monoisotopic (exact) mass is 291 g/mol. The first-order chi connectivity index (χ1) is 9.75. The number of hydrogen-bond donors (Lipinski definition) is 2. The Bertz CT molecular complexity index is 561. The van der Waals surface area contributed by atoms with Crippen LogP contribution >= 0.6 is 0 Å². The number of carboxylic acids is 1.